The second kappa shape index (κ2) is 7.40. The molecule has 134 valence electrons. The smallest absolute Gasteiger partial charge is 0.255 e. The summed E-state index contributed by atoms with van der Waals surface area (Å²) in [5.41, 5.74) is 2.33. The number of pyridine rings is 1. The van der Waals surface area contributed by atoms with E-state index in [1.807, 2.05) is 36.1 Å². The fourth-order valence-electron chi connectivity index (χ4n) is 3.46. The molecule has 1 atom stereocenters. The third-order valence-corrected chi connectivity index (χ3v) is 4.61. The molecular formula is C20H26N2O3. The summed E-state index contributed by atoms with van der Waals surface area (Å²) in [6, 6.07) is 7.69. The molecule has 5 nitrogen and oxygen atoms in total. The van der Waals surface area contributed by atoms with Crippen LogP contribution in [0.2, 0.25) is 0 Å². The number of methoxy groups -OCH3 is 1. The van der Waals surface area contributed by atoms with Gasteiger partial charge in [-0.2, -0.15) is 0 Å². The van der Waals surface area contributed by atoms with E-state index in [0.717, 1.165) is 28.8 Å². The molecule has 1 aliphatic rings. The van der Waals surface area contributed by atoms with Crippen molar-refractivity contribution in [3.8, 4) is 5.75 Å². The molecular weight excluding hydrogens is 316 g/mol. The van der Waals surface area contributed by atoms with E-state index in [1.54, 1.807) is 7.11 Å². The Labute approximate surface area is 148 Å². The first-order valence-corrected chi connectivity index (χ1v) is 8.83. The van der Waals surface area contributed by atoms with Crippen LogP contribution in [0, 0.1) is 12.8 Å². The topological polar surface area (TPSA) is 51.7 Å². The summed E-state index contributed by atoms with van der Waals surface area (Å²) in [5, 5.41) is 0.867. The van der Waals surface area contributed by atoms with Gasteiger partial charge in [0.1, 0.15) is 5.75 Å². The number of hydrogen-bond acceptors (Lipinski definition) is 4. The van der Waals surface area contributed by atoms with Crippen LogP contribution in [0.4, 0.5) is 0 Å². The second-order valence-corrected chi connectivity index (χ2v) is 7.05. The van der Waals surface area contributed by atoms with Gasteiger partial charge in [0, 0.05) is 23.7 Å². The van der Waals surface area contributed by atoms with Crippen molar-refractivity contribution in [2.24, 2.45) is 5.92 Å². The maximum Gasteiger partial charge on any atom is 0.255 e. The van der Waals surface area contributed by atoms with E-state index in [4.69, 9.17) is 9.47 Å². The number of carbonyl (C=O) groups is 1. The molecule has 1 saturated heterocycles. The van der Waals surface area contributed by atoms with Gasteiger partial charge in [0.25, 0.3) is 5.91 Å². The lowest BCUT2D eigenvalue weighted by atomic mass is 10.00. The number of amides is 1. The first kappa shape index (κ1) is 17.7. The van der Waals surface area contributed by atoms with Gasteiger partial charge in [0.2, 0.25) is 0 Å². The molecule has 25 heavy (non-hydrogen) atoms. The van der Waals surface area contributed by atoms with Gasteiger partial charge in [0.05, 0.1) is 37.4 Å². The SMILES string of the molecule is COc1ccc2c(C(=O)N3CCOC[C@H]3CC(C)C)cc(C)nc2c1. The van der Waals surface area contributed by atoms with Gasteiger partial charge in [-0.15, -0.1) is 0 Å². The van der Waals surface area contributed by atoms with Crippen molar-refractivity contribution in [1.82, 2.24) is 9.88 Å². The molecule has 3 rings (SSSR count). The average Bonchev–Trinajstić information content (AvgIpc) is 2.59. The van der Waals surface area contributed by atoms with E-state index in [1.165, 1.54) is 0 Å². The number of morpholine rings is 1. The lowest BCUT2D eigenvalue weighted by Crippen LogP contribution is -2.49. The largest absolute Gasteiger partial charge is 0.497 e. The van der Waals surface area contributed by atoms with Crippen LogP contribution in [0.25, 0.3) is 10.9 Å². The molecule has 1 aromatic carbocycles. The van der Waals surface area contributed by atoms with Crippen LogP contribution in [0.15, 0.2) is 24.3 Å². The molecule has 1 amide bonds. The minimum atomic E-state index is 0.0645. The maximum absolute atomic E-state index is 13.3. The molecule has 0 bridgehead atoms. The summed E-state index contributed by atoms with van der Waals surface area (Å²) in [4.78, 5) is 19.9. The number of hydrogen-bond donors (Lipinski definition) is 0. The van der Waals surface area contributed by atoms with Crippen LogP contribution in [-0.4, -0.2) is 48.7 Å². The fourth-order valence-corrected chi connectivity index (χ4v) is 3.46. The average molecular weight is 342 g/mol. The summed E-state index contributed by atoms with van der Waals surface area (Å²) in [6.45, 7) is 8.11. The van der Waals surface area contributed by atoms with Crippen molar-refractivity contribution in [3.05, 3.63) is 35.5 Å². The molecule has 0 saturated carbocycles. The molecule has 2 aromatic rings. The Kier molecular flexibility index (Phi) is 5.23. The van der Waals surface area contributed by atoms with Crippen molar-refractivity contribution in [2.45, 2.75) is 33.2 Å². The number of ether oxygens (including phenoxy) is 2. The number of nitrogens with zero attached hydrogens (tertiary/aromatic N) is 2. The highest BCUT2D eigenvalue weighted by Gasteiger charge is 2.29. The summed E-state index contributed by atoms with van der Waals surface area (Å²) >= 11 is 0. The maximum atomic E-state index is 13.3. The molecule has 0 unspecified atom stereocenters. The van der Waals surface area contributed by atoms with Crippen LogP contribution in [0.5, 0.6) is 5.75 Å². The highest BCUT2D eigenvalue weighted by atomic mass is 16.5. The standard InChI is InChI=1S/C20H26N2O3/c1-13(2)9-15-12-25-8-7-22(15)20(23)18-10-14(3)21-19-11-16(24-4)5-6-17(18)19/h5-6,10-11,13,15H,7-9,12H2,1-4H3/t15-/m1/s1. The van der Waals surface area contributed by atoms with Crippen molar-refractivity contribution in [3.63, 3.8) is 0 Å². The van der Waals surface area contributed by atoms with E-state index in [2.05, 4.69) is 18.8 Å². The van der Waals surface area contributed by atoms with E-state index in [9.17, 15) is 4.79 Å². The Morgan fingerprint density at radius 2 is 2.20 bits per heavy atom. The number of benzene rings is 1. The van der Waals surface area contributed by atoms with E-state index in [0.29, 0.717) is 31.2 Å². The van der Waals surface area contributed by atoms with Crippen molar-refractivity contribution < 1.29 is 14.3 Å². The van der Waals surface area contributed by atoms with Gasteiger partial charge in [0.15, 0.2) is 0 Å². The second-order valence-electron chi connectivity index (χ2n) is 7.05. The zero-order chi connectivity index (χ0) is 18.0. The molecule has 1 aliphatic heterocycles. The third kappa shape index (κ3) is 3.76. The van der Waals surface area contributed by atoms with E-state index < -0.39 is 0 Å². The zero-order valence-electron chi connectivity index (χ0n) is 15.4. The normalized spacial score (nSPS) is 18.0. The van der Waals surface area contributed by atoms with Crippen molar-refractivity contribution in [1.29, 1.82) is 0 Å². The van der Waals surface area contributed by atoms with Gasteiger partial charge in [-0.25, -0.2) is 0 Å². The van der Waals surface area contributed by atoms with Gasteiger partial charge in [-0.05, 0) is 37.5 Å². The van der Waals surface area contributed by atoms with E-state index in [-0.39, 0.29) is 11.9 Å². The lowest BCUT2D eigenvalue weighted by molar-refractivity contribution is -0.00737. The third-order valence-electron chi connectivity index (χ3n) is 4.61. The van der Waals surface area contributed by atoms with Gasteiger partial charge in [-0.3, -0.25) is 9.78 Å². The predicted octanol–water partition coefficient (Wildman–Crippen LogP) is 3.44. The number of rotatable bonds is 4. The molecule has 0 radical (unpaired) electrons. The van der Waals surface area contributed by atoms with Crippen LogP contribution >= 0.6 is 0 Å². The summed E-state index contributed by atoms with van der Waals surface area (Å²) in [6.07, 6.45) is 0.946. The minimum Gasteiger partial charge on any atom is -0.497 e. The minimum absolute atomic E-state index is 0.0645. The molecule has 5 heteroatoms. The lowest BCUT2D eigenvalue weighted by Gasteiger charge is -2.37. The van der Waals surface area contributed by atoms with Crippen LogP contribution in [0.3, 0.4) is 0 Å². The highest BCUT2D eigenvalue weighted by molar-refractivity contribution is 6.06. The number of aromatic nitrogens is 1. The Hall–Kier alpha value is -2.14. The Morgan fingerprint density at radius 3 is 2.92 bits per heavy atom. The van der Waals surface area contributed by atoms with Crippen molar-refractivity contribution >= 4 is 16.8 Å². The first-order chi connectivity index (χ1) is 12.0. The Balaban J connectivity index is 2.00. The Bertz CT molecular complexity index is 773. The van der Waals surface area contributed by atoms with Crippen LogP contribution in [0.1, 0.15) is 36.3 Å². The van der Waals surface area contributed by atoms with Crippen LogP contribution in [-0.2, 0) is 4.74 Å². The summed E-state index contributed by atoms with van der Waals surface area (Å²) < 4.78 is 10.9. The summed E-state index contributed by atoms with van der Waals surface area (Å²) in [7, 11) is 1.63. The molecule has 0 spiro atoms. The highest BCUT2D eigenvalue weighted by Crippen LogP contribution is 2.26. The van der Waals surface area contributed by atoms with E-state index >= 15 is 0 Å². The number of carbonyl (C=O) groups excluding carboxylic acids is 1. The molecule has 0 aliphatic carbocycles. The van der Waals surface area contributed by atoms with Crippen molar-refractivity contribution in [2.75, 3.05) is 26.9 Å². The summed E-state index contributed by atoms with van der Waals surface area (Å²) in [5.74, 6) is 1.32. The molecule has 2 heterocycles. The number of aryl methyl sites for hydroxylation is 1. The number of fused-ring (bicyclic) bond motifs is 1. The first-order valence-electron chi connectivity index (χ1n) is 8.83. The van der Waals surface area contributed by atoms with Gasteiger partial charge >= 0.3 is 0 Å². The molecule has 1 aromatic heterocycles. The van der Waals surface area contributed by atoms with Gasteiger partial charge in [-0.1, -0.05) is 13.8 Å². The monoisotopic (exact) mass is 342 g/mol. The van der Waals surface area contributed by atoms with Crippen LogP contribution < -0.4 is 4.74 Å². The molecule has 1 fully saturated rings. The predicted molar refractivity (Wildman–Crippen MR) is 98.1 cm³/mol. The quantitative estimate of drug-likeness (QED) is 0.854. The van der Waals surface area contributed by atoms with Gasteiger partial charge < -0.3 is 14.4 Å². The zero-order valence-corrected chi connectivity index (χ0v) is 15.4. The fraction of sp³-hybridized carbons (Fsp3) is 0.500. The molecule has 0 N–H and O–H groups in total. The Morgan fingerprint density at radius 1 is 1.40 bits per heavy atom.